The van der Waals surface area contributed by atoms with Gasteiger partial charge in [-0.15, -0.1) is 24.8 Å². The Morgan fingerprint density at radius 2 is 1.92 bits per heavy atom. The van der Waals surface area contributed by atoms with E-state index < -0.39 is 0 Å². The van der Waals surface area contributed by atoms with Crippen molar-refractivity contribution in [2.75, 3.05) is 33.2 Å². The van der Waals surface area contributed by atoms with Gasteiger partial charge in [-0.3, -0.25) is 9.69 Å². The van der Waals surface area contributed by atoms with Crippen molar-refractivity contribution < 1.29 is 4.79 Å². The largest absolute Gasteiger partial charge is 0.338 e. The van der Waals surface area contributed by atoms with Crippen LogP contribution in [0.15, 0.2) is 24.3 Å². The highest BCUT2D eigenvalue weighted by Gasteiger charge is 2.24. The van der Waals surface area contributed by atoms with E-state index in [9.17, 15) is 4.79 Å². The maximum atomic E-state index is 12.7. The smallest absolute Gasteiger partial charge is 0.253 e. The van der Waals surface area contributed by atoms with Crippen LogP contribution in [0.25, 0.3) is 0 Å². The average molecular weight is 404 g/mol. The molecule has 1 heterocycles. The number of benzene rings is 1. The van der Waals surface area contributed by atoms with Crippen molar-refractivity contribution in [3.63, 3.8) is 0 Å². The molecule has 6 heteroatoms. The van der Waals surface area contributed by atoms with Crippen molar-refractivity contribution >= 4 is 30.7 Å². The van der Waals surface area contributed by atoms with E-state index in [1.54, 1.807) is 0 Å². The monoisotopic (exact) mass is 403 g/mol. The molecule has 1 saturated heterocycles. The molecule has 0 aliphatic carbocycles. The molecule has 0 radical (unpaired) electrons. The van der Waals surface area contributed by atoms with Gasteiger partial charge < -0.3 is 10.2 Å². The zero-order valence-corrected chi connectivity index (χ0v) is 18.2. The molecule has 0 aromatic heterocycles. The topological polar surface area (TPSA) is 35.6 Å². The van der Waals surface area contributed by atoms with Crippen molar-refractivity contribution in [2.24, 2.45) is 5.92 Å². The molecule has 0 saturated carbocycles. The Balaban J connectivity index is 0.00000312. The standard InChI is InChI=1S/C20H33N3O.2ClH/c1-5-22(16(2)3)14-17-8-10-19(11-9-17)20(24)23-12-6-7-18(15-23)13-21-4;;/h8-11,16,18,21H,5-7,12-15H2,1-4H3;2*1H. The molecular weight excluding hydrogens is 369 g/mol. The first kappa shape index (κ1) is 25.2. The highest BCUT2D eigenvalue weighted by Crippen LogP contribution is 2.19. The minimum Gasteiger partial charge on any atom is -0.338 e. The lowest BCUT2D eigenvalue weighted by Crippen LogP contribution is -2.42. The number of hydrogen-bond donors (Lipinski definition) is 1. The summed E-state index contributed by atoms with van der Waals surface area (Å²) in [6.07, 6.45) is 2.32. The number of carbonyl (C=O) groups excluding carboxylic acids is 1. The van der Waals surface area contributed by atoms with Crippen LogP contribution in [0.5, 0.6) is 0 Å². The van der Waals surface area contributed by atoms with Gasteiger partial charge in [0.2, 0.25) is 0 Å². The zero-order valence-electron chi connectivity index (χ0n) is 16.5. The number of hydrogen-bond acceptors (Lipinski definition) is 3. The molecule has 2 rings (SSSR count). The number of nitrogens with zero attached hydrogens (tertiary/aromatic N) is 2. The molecule has 150 valence electrons. The van der Waals surface area contributed by atoms with Crippen molar-refractivity contribution in [2.45, 2.75) is 46.2 Å². The predicted molar refractivity (Wildman–Crippen MR) is 115 cm³/mol. The summed E-state index contributed by atoms with van der Waals surface area (Å²) in [5.74, 6) is 0.759. The SMILES string of the molecule is CCN(Cc1ccc(C(=O)N2CCCC(CNC)C2)cc1)C(C)C.Cl.Cl. The summed E-state index contributed by atoms with van der Waals surface area (Å²) in [5, 5.41) is 3.23. The van der Waals surface area contributed by atoms with Gasteiger partial charge in [-0.2, -0.15) is 0 Å². The lowest BCUT2D eigenvalue weighted by Gasteiger charge is -2.33. The summed E-state index contributed by atoms with van der Waals surface area (Å²) in [6.45, 7) is 11.4. The minimum absolute atomic E-state index is 0. The van der Waals surface area contributed by atoms with Gasteiger partial charge in [0.1, 0.15) is 0 Å². The third kappa shape index (κ3) is 7.07. The van der Waals surface area contributed by atoms with Gasteiger partial charge >= 0.3 is 0 Å². The molecule has 1 aromatic carbocycles. The molecule has 1 N–H and O–H groups in total. The molecule has 1 amide bonds. The first-order valence-electron chi connectivity index (χ1n) is 9.32. The van der Waals surface area contributed by atoms with Crippen LogP contribution in [0.1, 0.15) is 49.5 Å². The van der Waals surface area contributed by atoms with Gasteiger partial charge in [0.05, 0.1) is 0 Å². The van der Waals surface area contributed by atoms with Gasteiger partial charge in [-0.25, -0.2) is 0 Å². The van der Waals surface area contributed by atoms with Crippen molar-refractivity contribution in [1.29, 1.82) is 0 Å². The van der Waals surface area contributed by atoms with Crippen LogP contribution in [0, 0.1) is 5.92 Å². The van der Waals surface area contributed by atoms with Crippen molar-refractivity contribution in [3.8, 4) is 0 Å². The Bertz CT molecular complexity index is 520. The minimum atomic E-state index is 0. The third-order valence-corrected chi connectivity index (χ3v) is 5.02. The lowest BCUT2D eigenvalue weighted by atomic mass is 9.97. The summed E-state index contributed by atoms with van der Waals surface area (Å²) < 4.78 is 0. The molecule has 1 aliphatic heterocycles. The van der Waals surface area contributed by atoms with Crippen LogP contribution >= 0.6 is 24.8 Å². The van der Waals surface area contributed by atoms with Crippen LogP contribution in [-0.4, -0.2) is 55.0 Å². The molecular formula is C20H35Cl2N3O. The molecule has 0 bridgehead atoms. The first-order valence-corrected chi connectivity index (χ1v) is 9.32. The molecule has 1 atom stereocenters. The second-order valence-electron chi connectivity index (χ2n) is 7.17. The van der Waals surface area contributed by atoms with E-state index in [1.807, 2.05) is 24.1 Å². The van der Waals surface area contributed by atoms with Crippen LogP contribution in [0.4, 0.5) is 0 Å². The van der Waals surface area contributed by atoms with Gasteiger partial charge in [0.15, 0.2) is 0 Å². The number of halogens is 2. The van der Waals surface area contributed by atoms with E-state index in [1.165, 1.54) is 12.0 Å². The second kappa shape index (κ2) is 12.6. The summed E-state index contributed by atoms with van der Waals surface area (Å²) in [7, 11) is 1.98. The highest BCUT2D eigenvalue weighted by molar-refractivity contribution is 5.94. The van der Waals surface area contributed by atoms with Gasteiger partial charge in [-0.05, 0) is 70.4 Å². The average Bonchev–Trinajstić information content (AvgIpc) is 2.60. The maximum absolute atomic E-state index is 12.7. The predicted octanol–water partition coefficient (Wildman–Crippen LogP) is 3.83. The van der Waals surface area contributed by atoms with Crippen molar-refractivity contribution in [3.05, 3.63) is 35.4 Å². The third-order valence-electron chi connectivity index (χ3n) is 5.02. The normalized spacial score (nSPS) is 17.0. The molecule has 1 aliphatic rings. The Morgan fingerprint density at radius 3 is 2.46 bits per heavy atom. The molecule has 1 aromatic rings. The zero-order chi connectivity index (χ0) is 17.5. The fraction of sp³-hybridized carbons (Fsp3) is 0.650. The van der Waals surface area contributed by atoms with E-state index in [2.05, 4.69) is 43.1 Å². The van der Waals surface area contributed by atoms with E-state index in [4.69, 9.17) is 0 Å². The highest BCUT2D eigenvalue weighted by atomic mass is 35.5. The maximum Gasteiger partial charge on any atom is 0.253 e. The fourth-order valence-electron chi connectivity index (χ4n) is 3.53. The van der Waals surface area contributed by atoms with Crippen molar-refractivity contribution in [1.82, 2.24) is 15.1 Å². The fourth-order valence-corrected chi connectivity index (χ4v) is 3.53. The number of carbonyl (C=O) groups is 1. The molecule has 1 fully saturated rings. The van der Waals surface area contributed by atoms with E-state index in [-0.39, 0.29) is 30.7 Å². The number of likely N-dealkylation sites (tertiary alicyclic amines) is 1. The summed E-state index contributed by atoms with van der Waals surface area (Å²) in [6, 6.07) is 8.73. The number of nitrogens with one attached hydrogen (secondary N) is 1. The Labute approximate surface area is 171 Å². The van der Waals surface area contributed by atoms with Gasteiger partial charge in [0, 0.05) is 31.2 Å². The number of amides is 1. The van der Waals surface area contributed by atoms with Crippen LogP contribution in [-0.2, 0) is 6.54 Å². The first-order chi connectivity index (χ1) is 11.5. The quantitative estimate of drug-likeness (QED) is 0.750. The summed E-state index contributed by atoms with van der Waals surface area (Å²) >= 11 is 0. The van der Waals surface area contributed by atoms with E-state index in [0.717, 1.165) is 44.7 Å². The Kier molecular flexibility index (Phi) is 12.2. The number of rotatable bonds is 7. The summed E-state index contributed by atoms with van der Waals surface area (Å²) in [4.78, 5) is 17.2. The Hall–Kier alpha value is -0.810. The molecule has 0 spiro atoms. The number of piperidine rings is 1. The molecule has 4 nitrogen and oxygen atoms in total. The van der Waals surface area contributed by atoms with Gasteiger partial charge in [0.25, 0.3) is 5.91 Å². The summed E-state index contributed by atoms with van der Waals surface area (Å²) in [5.41, 5.74) is 2.09. The van der Waals surface area contributed by atoms with Crippen LogP contribution < -0.4 is 5.32 Å². The molecule has 1 unspecified atom stereocenters. The lowest BCUT2D eigenvalue weighted by molar-refractivity contribution is 0.0674. The Morgan fingerprint density at radius 1 is 1.27 bits per heavy atom. The molecule has 26 heavy (non-hydrogen) atoms. The van der Waals surface area contributed by atoms with E-state index >= 15 is 0 Å². The van der Waals surface area contributed by atoms with Gasteiger partial charge in [-0.1, -0.05) is 19.1 Å². The van der Waals surface area contributed by atoms with Crippen LogP contribution in [0.3, 0.4) is 0 Å². The van der Waals surface area contributed by atoms with E-state index in [0.29, 0.717) is 12.0 Å². The van der Waals surface area contributed by atoms with Crippen LogP contribution in [0.2, 0.25) is 0 Å². The second-order valence-corrected chi connectivity index (χ2v) is 7.17.